The lowest BCUT2D eigenvalue weighted by molar-refractivity contribution is -0.132. The van der Waals surface area contributed by atoms with Crippen LogP contribution in [0.15, 0.2) is 0 Å². The molecule has 0 aliphatic heterocycles. The van der Waals surface area contributed by atoms with Gasteiger partial charge in [0.1, 0.15) is 0 Å². The third kappa shape index (κ3) is 6.43. The van der Waals surface area contributed by atoms with Gasteiger partial charge in [-0.3, -0.25) is 4.79 Å². The minimum absolute atomic E-state index is 0.192. The molecule has 0 unspecified atom stereocenters. The number of carbonyl (C=O) groups excluding carboxylic acids is 1. The smallest absolute Gasteiger partial charge is 0.255 e. The fourth-order valence-corrected chi connectivity index (χ4v) is 1.52. The highest BCUT2D eigenvalue weighted by atomic mass is 35.5. The van der Waals surface area contributed by atoms with Crippen molar-refractivity contribution in [2.75, 3.05) is 31.0 Å². The van der Waals surface area contributed by atoms with Crippen LogP contribution in [0.25, 0.3) is 0 Å². The summed E-state index contributed by atoms with van der Waals surface area (Å²) >= 11 is 6.93. The van der Waals surface area contributed by atoms with Crippen molar-refractivity contribution in [1.82, 2.24) is 4.90 Å². The molecule has 0 aromatic carbocycles. The Morgan fingerprint density at radius 1 is 1.57 bits per heavy atom. The van der Waals surface area contributed by atoms with Gasteiger partial charge in [-0.2, -0.15) is 11.8 Å². The van der Waals surface area contributed by atoms with Crippen LogP contribution in [0.4, 0.5) is 8.78 Å². The largest absolute Gasteiger partial charge is 0.336 e. The average molecular weight is 246 g/mol. The number of alkyl halides is 3. The van der Waals surface area contributed by atoms with E-state index in [1.54, 1.807) is 0 Å². The van der Waals surface area contributed by atoms with Gasteiger partial charge < -0.3 is 4.90 Å². The maximum absolute atomic E-state index is 12.0. The first-order chi connectivity index (χ1) is 6.61. The Balaban J connectivity index is 3.97. The van der Waals surface area contributed by atoms with Crippen molar-refractivity contribution < 1.29 is 13.6 Å². The molecule has 0 aliphatic carbocycles. The van der Waals surface area contributed by atoms with Crippen LogP contribution in [0.3, 0.4) is 0 Å². The lowest BCUT2D eigenvalue weighted by Crippen LogP contribution is -2.36. The number of nitrogens with zero attached hydrogens (tertiary/aromatic N) is 1. The Labute approximate surface area is 92.0 Å². The van der Waals surface area contributed by atoms with Gasteiger partial charge in [0.25, 0.3) is 6.43 Å². The maximum atomic E-state index is 12.0. The quantitative estimate of drug-likeness (QED) is 0.640. The van der Waals surface area contributed by atoms with Crippen molar-refractivity contribution in [3.05, 3.63) is 0 Å². The minimum Gasteiger partial charge on any atom is -0.336 e. The Kier molecular flexibility index (Phi) is 8.27. The van der Waals surface area contributed by atoms with Gasteiger partial charge in [0.2, 0.25) is 5.91 Å². The van der Waals surface area contributed by atoms with Gasteiger partial charge >= 0.3 is 0 Å². The second-order valence-corrected chi connectivity index (χ2v) is 4.03. The molecular formula is C8H14ClF2NOS. The molecule has 0 spiro atoms. The van der Waals surface area contributed by atoms with Gasteiger partial charge in [-0.05, 0) is 6.26 Å². The van der Waals surface area contributed by atoms with Crippen molar-refractivity contribution in [3.8, 4) is 0 Å². The Morgan fingerprint density at radius 3 is 2.64 bits per heavy atom. The van der Waals surface area contributed by atoms with Gasteiger partial charge in [-0.15, -0.1) is 11.6 Å². The van der Waals surface area contributed by atoms with Gasteiger partial charge in [-0.1, -0.05) is 0 Å². The molecule has 0 aromatic rings. The summed E-state index contributed by atoms with van der Waals surface area (Å²) < 4.78 is 24.1. The molecule has 0 saturated carbocycles. The molecule has 0 rings (SSSR count). The van der Waals surface area contributed by atoms with Crippen molar-refractivity contribution in [3.63, 3.8) is 0 Å². The van der Waals surface area contributed by atoms with Crippen LogP contribution in [0.1, 0.15) is 6.42 Å². The first-order valence-corrected chi connectivity index (χ1v) is 6.15. The second kappa shape index (κ2) is 8.29. The minimum atomic E-state index is -2.49. The summed E-state index contributed by atoms with van der Waals surface area (Å²) in [7, 11) is 0. The summed E-state index contributed by atoms with van der Waals surface area (Å²) in [4.78, 5) is 12.5. The van der Waals surface area contributed by atoms with Crippen LogP contribution in [0.2, 0.25) is 0 Å². The van der Waals surface area contributed by atoms with Crippen molar-refractivity contribution in [1.29, 1.82) is 0 Å². The molecule has 1 amide bonds. The van der Waals surface area contributed by atoms with Crippen molar-refractivity contribution >= 4 is 29.3 Å². The Hall–Kier alpha value is -0.0300. The molecule has 0 fully saturated rings. The predicted octanol–water partition coefficient (Wildman–Crippen LogP) is 2.07. The first-order valence-electron chi connectivity index (χ1n) is 4.22. The van der Waals surface area contributed by atoms with E-state index in [1.807, 2.05) is 6.26 Å². The van der Waals surface area contributed by atoms with E-state index in [0.717, 1.165) is 4.90 Å². The average Bonchev–Trinajstić information content (AvgIpc) is 2.13. The van der Waals surface area contributed by atoms with Crippen LogP contribution in [-0.4, -0.2) is 48.2 Å². The Morgan fingerprint density at radius 2 is 2.21 bits per heavy atom. The second-order valence-electron chi connectivity index (χ2n) is 2.66. The van der Waals surface area contributed by atoms with E-state index in [0.29, 0.717) is 12.2 Å². The first kappa shape index (κ1) is 14.0. The normalized spacial score (nSPS) is 10.6. The molecule has 84 valence electrons. The Bertz CT molecular complexity index is 171. The SMILES string of the molecule is CSCCC(=O)N(CCCl)CC(F)F. The van der Waals surface area contributed by atoms with E-state index in [4.69, 9.17) is 11.6 Å². The molecule has 0 radical (unpaired) electrons. The van der Waals surface area contributed by atoms with E-state index in [2.05, 4.69) is 0 Å². The van der Waals surface area contributed by atoms with E-state index in [1.165, 1.54) is 11.8 Å². The number of rotatable bonds is 7. The zero-order valence-corrected chi connectivity index (χ0v) is 9.58. The van der Waals surface area contributed by atoms with E-state index < -0.39 is 13.0 Å². The summed E-state index contributed by atoms with van der Waals surface area (Å²) in [6.45, 7) is -0.320. The van der Waals surface area contributed by atoms with Crippen LogP contribution in [0.5, 0.6) is 0 Å². The highest BCUT2D eigenvalue weighted by Crippen LogP contribution is 2.04. The number of hydrogen-bond donors (Lipinski definition) is 0. The number of thioether (sulfide) groups is 1. The molecule has 0 heterocycles. The van der Waals surface area contributed by atoms with Gasteiger partial charge in [0, 0.05) is 24.6 Å². The van der Waals surface area contributed by atoms with Crippen molar-refractivity contribution in [2.45, 2.75) is 12.8 Å². The van der Waals surface area contributed by atoms with Crippen LogP contribution < -0.4 is 0 Å². The summed E-state index contributed by atoms with van der Waals surface area (Å²) in [6, 6.07) is 0. The monoisotopic (exact) mass is 245 g/mol. The zero-order chi connectivity index (χ0) is 11.0. The van der Waals surface area contributed by atoms with Crippen LogP contribution in [0, 0.1) is 0 Å². The molecule has 6 heteroatoms. The number of amides is 1. The molecule has 0 bridgehead atoms. The summed E-state index contributed by atoms with van der Waals surface area (Å²) in [5.41, 5.74) is 0. The summed E-state index contributed by atoms with van der Waals surface area (Å²) in [6.07, 6.45) is -0.326. The van der Waals surface area contributed by atoms with Gasteiger partial charge in [0.15, 0.2) is 0 Å². The van der Waals surface area contributed by atoms with E-state index in [9.17, 15) is 13.6 Å². The van der Waals surface area contributed by atoms with Crippen LogP contribution in [-0.2, 0) is 4.79 Å². The van der Waals surface area contributed by atoms with Crippen LogP contribution >= 0.6 is 23.4 Å². The van der Waals surface area contributed by atoms with Gasteiger partial charge in [0.05, 0.1) is 6.54 Å². The standard InChI is InChI=1S/C8H14ClF2NOS/c1-14-5-2-8(13)12(4-3-9)6-7(10)11/h7H,2-6H2,1H3. The molecule has 0 saturated heterocycles. The maximum Gasteiger partial charge on any atom is 0.255 e. The van der Waals surface area contributed by atoms with E-state index in [-0.39, 0.29) is 18.3 Å². The highest BCUT2D eigenvalue weighted by Gasteiger charge is 2.16. The fraction of sp³-hybridized carbons (Fsp3) is 0.875. The third-order valence-corrected chi connectivity index (χ3v) is 2.37. The predicted molar refractivity (Wildman–Crippen MR) is 56.3 cm³/mol. The molecule has 0 atom stereocenters. The lowest BCUT2D eigenvalue weighted by atomic mass is 10.4. The van der Waals surface area contributed by atoms with E-state index >= 15 is 0 Å². The zero-order valence-electron chi connectivity index (χ0n) is 8.01. The third-order valence-electron chi connectivity index (χ3n) is 1.59. The number of halogens is 3. The molecular weight excluding hydrogens is 232 g/mol. The topological polar surface area (TPSA) is 20.3 Å². The van der Waals surface area contributed by atoms with Crippen molar-refractivity contribution in [2.24, 2.45) is 0 Å². The summed E-state index contributed by atoms with van der Waals surface area (Å²) in [5, 5.41) is 0. The number of hydrogen-bond acceptors (Lipinski definition) is 2. The lowest BCUT2D eigenvalue weighted by Gasteiger charge is -2.20. The summed E-state index contributed by atoms with van der Waals surface area (Å²) in [5.74, 6) is 0.596. The molecule has 14 heavy (non-hydrogen) atoms. The van der Waals surface area contributed by atoms with Gasteiger partial charge in [-0.25, -0.2) is 8.78 Å². The molecule has 0 aliphatic rings. The molecule has 0 aromatic heterocycles. The number of carbonyl (C=O) groups is 1. The fourth-order valence-electron chi connectivity index (χ4n) is 0.934. The molecule has 0 N–H and O–H groups in total. The molecule has 2 nitrogen and oxygen atoms in total. The highest BCUT2D eigenvalue weighted by molar-refractivity contribution is 7.98.